The maximum absolute atomic E-state index is 12.1. The summed E-state index contributed by atoms with van der Waals surface area (Å²) < 4.78 is 11.4. The fraction of sp³-hybridized carbons (Fsp3) is 0.133. The Balaban J connectivity index is 2.11. The Labute approximate surface area is 125 Å². The number of nitrogens with two attached hydrogens (primary N) is 1. The molecule has 0 aliphatic rings. The van der Waals surface area contributed by atoms with Gasteiger partial charge in [0.25, 0.3) is 0 Å². The maximum atomic E-state index is 12.1. The Bertz CT molecular complexity index is 611. The van der Waals surface area contributed by atoms with E-state index < -0.39 is 5.97 Å². The van der Waals surface area contributed by atoms with Gasteiger partial charge in [-0.05, 0) is 29.8 Å². The number of nitrogen functional groups attached to an aromatic ring is 1. The summed E-state index contributed by atoms with van der Waals surface area (Å²) in [5, 5.41) is 0. The second-order valence-electron chi connectivity index (χ2n) is 4.13. The van der Waals surface area contributed by atoms with Gasteiger partial charge in [0, 0.05) is 10.2 Å². The van der Waals surface area contributed by atoms with Crippen LogP contribution in [0.5, 0.6) is 5.75 Å². The SMILES string of the molecule is COc1cccc(N)c1C(=O)OCc1ccc(Br)cc1. The monoisotopic (exact) mass is 335 g/mol. The lowest BCUT2D eigenvalue weighted by molar-refractivity contribution is 0.0470. The molecule has 0 saturated heterocycles. The molecule has 4 nitrogen and oxygen atoms in total. The van der Waals surface area contributed by atoms with E-state index in [0.717, 1.165) is 10.0 Å². The van der Waals surface area contributed by atoms with Crippen molar-refractivity contribution in [1.82, 2.24) is 0 Å². The number of rotatable bonds is 4. The van der Waals surface area contributed by atoms with Gasteiger partial charge in [-0.1, -0.05) is 34.1 Å². The highest BCUT2D eigenvalue weighted by Gasteiger charge is 2.17. The number of benzene rings is 2. The van der Waals surface area contributed by atoms with Crippen LogP contribution < -0.4 is 10.5 Å². The molecule has 20 heavy (non-hydrogen) atoms. The van der Waals surface area contributed by atoms with Crippen LogP contribution in [-0.2, 0) is 11.3 Å². The second kappa shape index (κ2) is 6.43. The third-order valence-corrected chi connectivity index (χ3v) is 3.29. The lowest BCUT2D eigenvalue weighted by atomic mass is 10.1. The quantitative estimate of drug-likeness (QED) is 0.687. The predicted octanol–water partition coefficient (Wildman–Crippen LogP) is 3.40. The normalized spacial score (nSPS) is 10.1. The van der Waals surface area contributed by atoms with Crippen LogP contribution in [0.2, 0.25) is 0 Å². The van der Waals surface area contributed by atoms with Gasteiger partial charge in [-0.3, -0.25) is 0 Å². The van der Waals surface area contributed by atoms with Crippen LogP contribution in [0.3, 0.4) is 0 Å². The van der Waals surface area contributed by atoms with Gasteiger partial charge in [0.05, 0.1) is 7.11 Å². The minimum atomic E-state index is -0.497. The predicted molar refractivity (Wildman–Crippen MR) is 80.7 cm³/mol. The molecule has 0 bridgehead atoms. The van der Waals surface area contributed by atoms with E-state index in [1.807, 2.05) is 24.3 Å². The molecule has 104 valence electrons. The number of halogens is 1. The maximum Gasteiger partial charge on any atom is 0.344 e. The van der Waals surface area contributed by atoms with Crippen molar-refractivity contribution in [3.8, 4) is 5.75 Å². The van der Waals surface area contributed by atoms with E-state index in [9.17, 15) is 4.79 Å². The van der Waals surface area contributed by atoms with Crippen LogP contribution in [0.4, 0.5) is 5.69 Å². The van der Waals surface area contributed by atoms with E-state index in [2.05, 4.69) is 15.9 Å². The standard InChI is InChI=1S/C15H14BrNO3/c1-19-13-4-2-3-12(17)14(13)15(18)20-9-10-5-7-11(16)8-6-10/h2-8H,9,17H2,1H3. The largest absolute Gasteiger partial charge is 0.496 e. The van der Waals surface area contributed by atoms with Crippen LogP contribution in [0, 0.1) is 0 Å². The van der Waals surface area contributed by atoms with Gasteiger partial charge < -0.3 is 15.2 Å². The van der Waals surface area contributed by atoms with Crippen molar-refractivity contribution in [2.75, 3.05) is 12.8 Å². The summed E-state index contributed by atoms with van der Waals surface area (Å²) in [4.78, 5) is 12.1. The smallest absolute Gasteiger partial charge is 0.344 e. The first kappa shape index (κ1) is 14.4. The van der Waals surface area contributed by atoms with E-state index >= 15 is 0 Å². The summed E-state index contributed by atoms with van der Waals surface area (Å²) in [5.74, 6) is -0.0892. The second-order valence-corrected chi connectivity index (χ2v) is 5.04. The number of anilines is 1. The van der Waals surface area contributed by atoms with E-state index in [-0.39, 0.29) is 12.2 Å². The number of methoxy groups -OCH3 is 1. The van der Waals surface area contributed by atoms with Crippen molar-refractivity contribution in [1.29, 1.82) is 0 Å². The molecule has 0 amide bonds. The van der Waals surface area contributed by atoms with E-state index in [1.54, 1.807) is 18.2 Å². The summed E-state index contributed by atoms with van der Waals surface area (Å²) in [6.07, 6.45) is 0. The average Bonchev–Trinajstić information content (AvgIpc) is 2.46. The van der Waals surface area contributed by atoms with Crippen molar-refractivity contribution in [3.05, 3.63) is 58.1 Å². The fourth-order valence-corrected chi connectivity index (χ4v) is 2.00. The molecule has 0 atom stereocenters. The molecule has 0 saturated carbocycles. The lowest BCUT2D eigenvalue weighted by Gasteiger charge is -2.11. The lowest BCUT2D eigenvalue weighted by Crippen LogP contribution is -2.10. The van der Waals surface area contributed by atoms with Crippen LogP contribution in [0.15, 0.2) is 46.9 Å². The van der Waals surface area contributed by atoms with Gasteiger partial charge >= 0.3 is 5.97 Å². The first-order valence-electron chi connectivity index (χ1n) is 5.96. The third kappa shape index (κ3) is 3.30. The number of carbonyl (C=O) groups is 1. The zero-order valence-corrected chi connectivity index (χ0v) is 12.5. The van der Waals surface area contributed by atoms with E-state index in [1.165, 1.54) is 7.11 Å². The molecule has 0 aliphatic carbocycles. The number of esters is 1. The molecule has 2 N–H and O–H groups in total. The Kier molecular flexibility index (Phi) is 4.63. The van der Waals surface area contributed by atoms with Gasteiger partial charge in [-0.25, -0.2) is 4.79 Å². The van der Waals surface area contributed by atoms with Crippen molar-refractivity contribution >= 4 is 27.6 Å². The van der Waals surface area contributed by atoms with Crippen LogP contribution in [0.1, 0.15) is 15.9 Å². The van der Waals surface area contributed by atoms with Gasteiger partial charge in [0.2, 0.25) is 0 Å². The van der Waals surface area contributed by atoms with Gasteiger partial charge in [-0.2, -0.15) is 0 Å². The zero-order valence-electron chi connectivity index (χ0n) is 10.9. The summed E-state index contributed by atoms with van der Waals surface area (Å²) >= 11 is 3.35. The number of carbonyl (C=O) groups excluding carboxylic acids is 1. The summed E-state index contributed by atoms with van der Waals surface area (Å²) in [6.45, 7) is 0.184. The molecule has 0 heterocycles. The average molecular weight is 336 g/mol. The fourth-order valence-electron chi connectivity index (χ4n) is 1.74. The molecule has 2 aromatic carbocycles. The van der Waals surface area contributed by atoms with Crippen LogP contribution in [-0.4, -0.2) is 13.1 Å². The number of ether oxygens (including phenoxy) is 2. The highest BCUT2D eigenvalue weighted by molar-refractivity contribution is 9.10. The number of hydrogen-bond donors (Lipinski definition) is 1. The minimum absolute atomic E-state index is 0.184. The molecular formula is C15H14BrNO3. The van der Waals surface area contributed by atoms with Crippen molar-refractivity contribution in [2.45, 2.75) is 6.61 Å². The molecule has 5 heteroatoms. The molecule has 0 unspecified atom stereocenters. The first-order valence-corrected chi connectivity index (χ1v) is 6.75. The number of hydrogen-bond acceptors (Lipinski definition) is 4. The summed E-state index contributed by atoms with van der Waals surface area (Å²) in [5.41, 5.74) is 7.29. The van der Waals surface area contributed by atoms with Crippen LogP contribution >= 0.6 is 15.9 Å². The van der Waals surface area contributed by atoms with Gasteiger partial charge in [0.1, 0.15) is 17.9 Å². The molecule has 0 aliphatic heterocycles. The highest BCUT2D eigenvalue weighted by atomic mass is 79.9. The van der Waals surface area contributed by atoms with Crippen molar-refractivity contribution < 1.29 is 14.3 Å². The molecule has 0 spiro atoms. The van der Waals surface area contributed by atoms with Crippen LogP contribution in [0.25, 0.3) is 0 Å². The summed E-state index contributed by atoms with van der Waals surface area (Å²) in [6, 6.07) is 12.6. The highest BCUT2D eigenvalue weighted by Crippen LogP contribution is 2.25. The molecule has 0 aromatic heterocycles. The topological polar surface area (TPSA) is 61.5 Å². The van der Waals surface area contributed by atoms with Crippen molar-refractivity contribution in [3.63, 3.8) is 0 Å². The minimum Gasteiger partial charge on any atom is -0.496 e. The van der Waals surface area contributed by atoms with Crippen molar-refractivity contribution in [2.24, 2.45) is 0 Å². The Hall–Kier alpha value is -2.01. The van der Waals surface area contributed by atoms with Gasteiger partial charge in [-0.15, -0.1) is 0 Å². The third-order valence-electron chi connectivity index (χ3n) is 2.77. The Morgan fingerprint density at radius 3 is 2.55 bits per heavy atom. The molecular weight excluding hydrogens is 322 g/mol. The zero-order chi connectivity index (χ0) is 14.5. The molecule has 2 rings (SSSR count). The van der Waals surface area contributed by atoms with E-state index in [4.69, 9.17) is 15.2 Å². The molecule has 0 fully saturated rings. The molecule has 0 radical (unpaired) electrons. The Morgan fingerprint density at radius 1 is 1.20 bits per heavy atom. The Morgan fingerprint density at radius 2 is 1.90 bits per heavy atom. The summed E-state index contributed by atoms with van der Waals surface area (Å²) in [7, 11) is 1.49. The van der Waals surface area contributed by atoms with Gasteiger partial charge in [0.15, 0.2) is 0 Å². The molecule has 2 aromatic rings. The first-order chi connectivity index (χ1) is 9.61. The van der Waals surface area contributed by atoms with E-state index in [0.29, 0.717) is 11.4 Å².